The van der Waals surface area contributed by atoms with Crippen LogP contribution in [0.4, 0.5) is 0 Å². The van der Waals surface area contributed by atoms with E-state index in [4.69, 9.17) is 0 Å². The molecule has 0 aliphatic rings. The van der Waals surface area contributed by atoms with Gasteiger partial charge >= 0.3 is 0 Å². The summed E-state index contributed by atoms with van der Waals surface area (Å²) in [4.78, 5) is 14.8. The van der Waals surface area contributed by atoms with Crippen molar-refractivity contribution in [2.45, 2.75) is 51.9 Å². The second-order valence-corrected chi connectivity index (χ2v) is 5.39. The number of hydrogen-bond acceptors (Lipinski definition) is 1. The van der Waals surface area contributed by atoms with Crippen molar-refractivity contribution in [3.05, 3.63) is 36.0 Å². The summed E-state index contributed by atoms with van der Waals surface area (Å²) in [5.74, 6) is 0.645. The number of ketones is 1. The molecule has 2 aromatic rings. The Morgan fingerprint density at radius 2 is 2.05 bits per heavy atom. The van der Waals surface area contributed by atoms with Gasteiger partial charge in [-0.05, 0) is 30.9 Å². The number of H-pyrrole nitrogens is 1. The first-order chi connectivity index (χ1) is 9.22. The average Bonchev–Trinajstić information content (AvgIpc) is 2.81. The Morgan fingerprint density at radius 3 is 2.79 bits per heavy atom. The number of fused-ring (bicyclic) bond motifs is 1. The molecule has 0 amide bonds. The monoisotopic (exact) mass is 257 g/mol. The minimum absolute atomic E-state index is 0.284. The molecule has 0 bridgehead atoms. The molecule has 1 atom stereocenters. The lowest BCUT2D eigenvalue weighted by Crippen LogP contribution is -2.04. The van der Waals surface area contributed by atoms with Gasteiger partial charge in [-0.25, -0.2) is 0 Å². The lowest BCUT2D eigenvalue weighted by atomic mass is 9.89. The molecule has 1 unspecified atom stereocenters. The van der Waals surface area contributed by atoms with E-state index in [9.17, 15) is 4.79 Å². The second-order valence-electron chi connectivity index (χ2n) is 5.39. The zero-order valence-corrected chi connectivity index (χ0v) is 11.9. The fraction of sp³-hybridized carbons (Fsp3) is 0.471. The quantitative estimate of drug-likeness (QED) is 0.709. The Morgan fingerprint density at radius 1 is 1.26 bits per heavy atom. The van der Waals surface area contributed by atoms with Crippen LogP contribution in [0.1, 0.15) is 57.4 Å². The molecule has 0 radical (unpaired) electrons. The summed E-state index contributed by atoms with van der Waals surface area (Å²) >= 11 is 0. The van der Waals surface area contributed by atoms with Crippen molar-refractivity contribution in [3.63, 3.8) is 0 Å². The summed E-state index contributed by atoms with van der Waals surface area (Å²) < 4.78 is 0. The molecule has 0 saturated heterocycles. The van der Waals surface area contributed by atoms with Gasteiger partial charge in [0.25, 0.3) is 0 Å². The smallest absolute Gasteiger partial charge is 0.130 e. The number of aromatic nitrogens is 1. The van der Waals surface area contributed by atoms with Gasteiger partial charge in [-0.15, -0.1) is 0 Å². The molecule has 0 spiro atoms. The minimum Gasteiger partial charge on any atom is -0.361 e. The molecule has 1 N–H and O–H groups in total. The van der Waals surface area contributed by atoms with E-state index in [2.05, 4.69) is 36.3 Å². The number of carbonyl (C=O) groups is 1. The van der Waals surface area contributed by atoms with Crippen LogP contribution >= 0.6 is 0 Å². The summed E-state index contributed by atoms with van der Waals surface area (Å²) in [5.41, 5.74) is 2.48. The Balaban J connectivity index is 2.23. The highest BCUT2D eigenvalue weighted by atomic mass is 16.1. The van der Waals surface area contributed by atoms with Gasteiger partial charge in [0.15, 0.2) is 0 Å². The predicted molar refractivity (Wildman–Crippen MR) is 80.5 cm³/mol. The van der Waals surface area contributed by atoms with Gasteiger partial charge in [-0.2, -0.15) is 0 Å². The van der Waals surface area contributed by atoms with Gasteiger partial charge in [-0.1, -0.05) is 44.4 Å². The van der Waals surface area contributed by atoms with Crippen molar-refractivity contribution >= 4 is 16.7 Å². The van der Waals surface area contributed by atoms with E-state index in [0.717, 1.165) is 6.42 Å². The number of benzene rings is 1. The first kappa shape index (κ1) is 13.9. The average molecular weight is 257 g/mol. The topological polar surface area (TPSA) is 32.9 Å². The maximum Gasteiger partial charge on any atom is 0.130 e. The Kier molecular flexibility index (Phi) is 4.78. The van der Waals surface area contributed by atoms with Gasteiger partial charge in [0.2, 0.25) is 0 Å². The summed E-state index contributed by atoms with van der Waals surface area (Å²) in [6.45, 7) is 3.91. The van der Waals surface area contributed by atoms with Crippen molar-refractivity contribution in [2.75, 3.05) is 0 Å². The van der Waals surface area contributed by atoms with Gasteiger partial charge in [0.1, 0.15) is 5.78 Å². The van der Waals surface area contributed by atoms with Crippen LogP contribution < -0.4 is 0 Å². The molecule has 0 aliphatic heterocycles. The number of unbranched alkanes of at least 4 members (excludes halogenated alkanes) is 2. The highest BCUT2D eigenvalue weighted by Crippen LogP contribution is 2.32. The molecule has 102 valence electrons. The van der Waals surface area contributed by atoms with Crippen LogP contribution in [0.5, 0.6) is 0 Å². The second kappa shape index (κ2) is 6.55. The molecule has 1 aromatic carbocycles. The number of carbonyl (C=O) groups excluding carboxylic acids is 1. The maximum atomic E-state index is 11.5. The lowest BCUT2D eigenvalue weighted by Gasteiger charge is -2.14. The molecule has 2 heteroatoms. The fourth-order valence-corrected chi connectivity index (χ4v) is 2.79. The molecular formula is C17H23NO. The predicted octanol–water partition coefficient (Wildman–Crippen LogP) is 4.81. The number of nitrogens with one attached hydrogen (secondary N) is 1. The summed E-state index contributed by atoms with van der Waals surface area (Å²) in [6.07, 6.45) is 7.52. The van der Waals surface area contributed by atoms with Crippen molar-refractivity contribution < 1.29 is 4.79 Å². The van der Waals surface area contributed by atoms with E-state index in [1.54, 1.807) is 6.92 Å². The first-order valence-corrected chi connectivity index (χ1v) is 7.27. The highest BCUT2D eigenvalue weighted by molar-refractivity contribution is 5.85. The summed E-state index contributed by atoms with van der Waals surface area (Å²) in [5, 5.41) is 1.27. The number of aromatic amines is 1. The van der Waals surface area contributed by atoms with Crippen molar-refractivity contribution in [1.29, 1.82) is 0 Å². The molecule has 1 heterocycles. The standard InChI is InChI=1S/C17H23NO/c1-3-4-5-8-14(11-13(2)19)16-12-18-17-10-7-6-9-15(16)17/h6-7,9-10,12,14,18H,3-5,8,11H2,1-2H3. The van der Waals surface area contributed by atoms with Gasteiger partial charge in [-0.3, -0.25) is 0 Å². The third-order valence-corrected chi connectivity index (χ3v) is 3.75. The van der Waals surface area contributed by atoms with Crippen LogP contribution in [0.2, 0.25) is 0 Å². The SMILES string of the molecule is CCCCCC(CC(C)=O)c1c[nH]c2ccccc12. The van der Waals surface area contributed by atoms with Gasteiger partial charge in [0.05, 0.1) is 0 Å². The molecule has 1 aromatic heterocycles. The van der Waals surface area contributed by atoms with Gasteiger partial charge < -0.3 is 9.78 Å². The summed E-state index contributed by atoms with van der Waals surface area (Å²) in [7, 11) is 0. The maximum absolute atomic E-state index is 11.5. The Labute approximate surface area is 115 Å². The van der Waals surface area contributed by atoms with Crippen LogP contribution in [0.15, 0.2) is 30.5 Å². The van der Waals surface area contributed by atoms with E-state index in [1.165, 1.54) is 35.7 Å². The first-order valence-electron chi connectivity index (χ1n) is 7.27. The fourth-order valence-electron chi connectivity index (χ4n) is 2.79. The lowest BCUT2D eigenvalue weighted by molar-refractivity contribution is -0.117. The number of hydrogen-bond donors (Lipinski definition) is 1. The van der Waals surface area contributed by atoms with Crippen LogP contribution in [-0.4, -0.2) is 10.8 Å². The van der Waals surface area contributed by atoms with Crippen LogP contribution in [0.3, 0.4) is 0 Å². The van der Waals surface area contributed by atoms with E-state index in [-0.39, 0.29) is 5.78 Å². The van der Waals surface area contributed by atoms with Crippen LogP contribution in [0.25, 0.3) is 10.9 Å². The Bertz CT molecular complexity index is 541. The number of para-hydroxylation sites is 1. The van der Waals surface area contributed by atoms with Crippen molar-refractivity contribution in [1.82, 2.24) is 4.98 Å². The number of Topliss-reactive ketones (excluding diaryl/α,β-unsaturated/α-hetero) is 1. The zero-order chi connectivity index (χ0) is 13.7. The third-order valence-electron chi connectivity index (χ3n) is 3.75. The highest BCUT2D eigenvalue weighted by Gasteiger charge is 2.17. The van der Waals surface area contributed by atoms with E-state index >= 15 is 0 Å². The normalized spacial score (nSPS) is 12.7. The van der Waals surface area contributed by atoms with E-state index < -0.39 is 0 Å². The van der Waals surface area contributed by atoms with E-state index in [1.807, 2.05) is 6.07 Å². The molecular weight excluding hydrogens is 234 g/mol. The molecule has 2 rings (SSSR count). The Hall–Kier alpha value is -1.57. The van der Waals surface area contributed by atoms with Crippen molar-refractivity contribution in [2.24, 2.45) is 0 Å². The molecule has 2 nitrogen and oxygen atoms in total. The molecule has 19 heavy (non-hydrogen) atoms. The molecule has 0 fully saturated rings. The zero-order valence-electron chi connectivity index (χ0n) is 11.9. The molecule has 0 aliphatic carbocycles. The van der Waals surface area contributed by atoms with Gasteiger partial charge in [0, 0.05) is 23.5 Å². The molecule has 0 saturated carbocycles. The van der Waals surface area contributed by atoms with Crippen LogP contribution in [-0.2, 0) is 4.79 Å². The van der Waals surface area contributed by atoms with Crippen molar-refractivity contribution in [3.8, 4) is 0 Å². The number of rotatable bonds is 7. The minimum atomic E-state index is 0.284. The van der Waals surface area contributed by atoms with E-state index in [0.29, 0.717) is 12.3 Å². The third kappa shape index (κ3) is 3.46. The summed E-state index contributed by atoms with van der Waals surface area (Å²) in [6, 6.07) is 8.35. The largest absolute Gasteiger partial charge is 0.361 e. The van der Waals surface area contributed by atoms with Crippen LogP contribution in [0, 0.1) is 0 Å².